The number of hydrogen-bond acceptors (Lipinski definition) is 4. The fraction of sp³-hybridized carbons (Fsp3) is 0.692. The largest absolute Gasteiger partial charge is 0.378 e. The van der Waals surface area contributed by atoms with Crippen molar-refractivity contribution in [2.24, 2.45) is 13.0 Å². The molecule has 0 saturated carbocycles. The highest BCUT2D eigenvalue weighted by molar-refractivity contribution is 7.89. The monoisotopic (exact) mass is 301 g/mol. The lowest BCUT2D eigenvalue weighted by molar-refractivity contribution is 0.107. The Balaban J connectivity index is 2.04. The molecule has 1 aliphatic rings. The van der Waals surface area contributed by atoms with Gasteiger partial charge in [-0.2, -0.15) is 0 Å². The van der Waals surface area contributed by atoms with E-state index in [0.29, 0.717) is 24.6 Å². The summed E-state index contributed by atoms with van der Waals surface area (Å²) < 4.78 is 34.5. The molecule has 1 saturated heterocycles. The Kier molecular flexibility index (Phi) is 4.85. The maximum absolute atomic E-state index is 12.3. The average molecular weight is 301 g/mol. The van der Waals surface area contributed by atoms with Crippen LogP contribution < -0.4 is 10.0 Å². The Labute approximate surface area is 120 Å². The normalized spacial score (nSPS) is 23.4. The number of sulfonamides is 1. The SMILES string of the molecule is CNCc1cc(S(=O)(=O)NCC2CCOC2C)cn1C. The Morgan fingerprint density at radius 2 is 2.25 bits per heavy atom. The summed E-state index contributed by atoms with van der Waals surface area (Å²) in [5.74, 6) is 0.255. The molecular weight excluding hydrogens is 278 g/mol. The van der Waals surface area contributed by atoms with Gasteiger partial charge in [-0.25, -0.2) is 13.1 Å². The van der Waals surface area contributed by atoms with Gasteiger partial charge in [-0.15, -0.1) is 0 Å². The minimum Gasteiger partial charge on any atom is -0.378 e. The molecule has 2 unspecified atom stereocenters. The zero-order valence-electron chi connectivity index (χ0n) is 12.2. The first-order valence-corrected chi connectivity index (χ1v) is 8.33. The molecule has 1 aromatic rings. The van der Waals surface area contributed by atoms with Gasteiger partial charge >= 0.3 is 0 Å². The zero-order valence-corrected chi connectivity index (χ0v) is 13.0. The van der Waals surface area contributed by atoms with Crippen LogP contribution in [0.5, 0.6) is 0 Å². The standard InChI is InChI=1S/C13H23N3O3S/c1-10-11(4-5-19-10)7-15-20(17,18)13-6-12(8-14-2)16(3)9-13/h6,9-11,14-15H,4-5,7-8H2,1-3H3. The van der Waals surface area contributed by atoms with Gasteiger partial charge in [-0.05, 0) is 26.5 Å². The first-order valence-electron chi connectivity index (χ1n) is 6.85. The molecular formula is C13H23N3O3S. The topological polar surface area (TPSA) is 72.4 Å². The Hall–Kier alpha value is -0.890. The van der Waals surface area contributed by atoms with Crippen molar-refractivity contribution in [1.29, 1.82) is 0 Å². The van der Waals surface area contributed by atoms with Crippen molar-refractivity contribution in [2.75, 3.05) is 20.2 Å². The van der Waals surface area contributed by atoms with Crippen LogP contribution in [0.1, 0.15) is 19.0 Å². The molecule has 2 rings (SSSR count). The van der Waals surface area contributed by atoms with Crippen molar-refractivity contribution in [3.8, 4) is 0 Å². The molecule has 1 aromatic heterocycles. The quantitative estimate of drug-likeness (QED) is 0.800. The minimum atomic E-state index is -3.45. The van der Waals surface area contributed by atoms with Gasteiger partial charge in [0.1, 0.15) is 0 Å². The van der Waals surface area contributed by atoms with Crippen LogP contribution in [0, 0.1) is 5.92 Å². The van der Waals surface area contributed by atoms with Gasteiger partial charge in [0, 0.05) is 44.6 Å². The van der Waals surface area contributed by atoms with Crippen molar-refractivity contribution in [1.82, 2.24) is 14.6 Å². The van der Waals surface area contributed by atoms with E-state index in [1.54, 1.807) is 12.3 Å². The molecule has 0 spiro atoms. The average Bonchev–Trinajstić information content (AvgIpc) is 2.95. The summed E-state index contributed by atoms with van der Waals surface area (Å²) in [6.45, 7) is 3.77. The van der Waals surface area contributed by atoms with Gasteiger partial charge in [0.25, 0.3) is 0 Å². The number of nitrogens with one attached hydrogen (secondary N) is 2. The highest BCUT2D eigenvalue weighted by atomic mass is 32.2. The molecule has 0 aromatic carbocycles. The van der Waals surface area contributed by atoms with Crippen LogP contribution in [0.2, 0.25) is 0 Å². The van der Waals surface area contributed by atoms with Gasteiger partial charge in [0.05, 0.1) is 11.0 Å². The summed E-state index contributed by atoms with van der Waals surface area (Å²) in [7, 11) is 0.235. The van der Waals surface area contributed by atoms with Crippen LogP contribution in [0.15, 0.2) is 17.2 Å². The summed E-state index contributed by atoms with van der Waals surface area (Å²) in [5.41, 5.74) is 0.936. The van der Waals surface area contributed by atoms with Crippen LogP contribution in [0.4, 0.5) is 0 Å². The van der Waals surface area contributed by atoms with E-state index in [2.05, 4.69) is 10.0 Å². The molecule has 0 aliphatic carbocycles. The lowest BCUT2D eigenvalue weighted by atomic mass is 10.0. The molecule has 7 heteroatoms. The second-order valence-corrected chi connectivity index (χ2v) is 7.05. The summed E-state index contributed by atoms with van der Waals surface area (Å²) >= 11 is 0. The fourth-order valence-corrected chi connectivity index (χ4v) is 3.61. The highest BCUT2D eigenvalue weighted by Gasteiger charge is 2.26. The molecule has 0 bridgehead atoms. The molecule has 1 fully saturated rings. The van der Waals surface area contributed by atoms with Gasteiger partial charge in [-0.3, -0.25) is 0 Å². The van der Waals surface area contributed by atoms with Crippen molar-refractivity contribution in [3.63, 3.8) is 0 Å². The lowest BCUT2D eigenvalue weighted by Gasteiger charge is -2.14. The van der Waals surface area contributed by atoms with E-state index < -0.39 is 10.0 Å². The second-order valence-electron chi connectivity index (χ2n) is 5.28. The van der Waals surface area contributed by atoms with Crippen LogP contribution in [-0.4, -0.2) is 39.3 Å². The van der Waals surface area contributed by atoms with Crippen molar-refractivity contribution >= 4 is 10.0 Å². The van der Waals surface area contributed by atoms with E-state index in [1.165, 1.54) is 0 Å². The maximum Gasteiger partial charge on any atom is 0.242 e. The summed E-state index contributed by atoms with van der Waals surface area (Å²) in [6.07, 6.45) is 2.67. The van der Waals surface area contributed by atoms with E-state index in [-0.39, 0.29) is 12.0 Å². The fourth-order valence-electron chi connectivity index (χ4n) is 2.43. The molecule has 20 heavy (non-hydrogen) atoms. The third-order valence-corrected chi connectivity index (χ3v) is 5.21. The van der Waals surface area contributed by atoms with Gasteiger partial charge in [0.15, 0.2) is 0 Å². The third kappa shape index (κ3) is 3.41. The number of nitrogens with zero attached hydrogens (tertiary/aromatic N) is 1. The van der Waals surface area contributed by atoms with E-state index in [0.717, 1.165) is 12.1 Å². The first kappa shape index (κ1) is 15.5. The Bertz CT molecular complexity index is 553. The van der Waals surface area contributed by atoms with Crippen molar-refractivity contribution in [2.45, 2.75) is 30.9 Å². The summed E-state index contributed by atoms with van der Waals surface area (Å²) in [4.78, 5) is 0.316. The number of aryl methyl sites for hydroxylation is 1. The van der Waals surface area contributed by atoms with Crippen LogP contribution in [-0.2, 0) is 28.4 Å². The highest BCUT2D eigenvalue weighted by Crippen LogP contribution is 2.20. The number of ether oxygens (including phenoxy) is 1. The second kappa shape index (κ2) is 6.26. The molecule has 0 amide bonds. The van der Waals surface area contributed by atoms with E-state index in [9.17, 15) is 8.42 Å². The zero-order chi connectivity index (χ0) is 14.8. The van der Waals surface area contributed by atoms with Gasteiger partial charge < -0.3 is 14.6 Å². The number of hydrogen-bond donors (Lipinski definition) is 2. The molecule has 2 heterocycles. The Morgan fingerprint density at radius 1 is 1.50 bits per heavy atom. The van der Waals surface area contributed by atoms with E-state index in [1.807, 2.05) is 25.6 Å². The molecule has 2 atom stereocenters. The molecule has 114 valence electrons. The number of aromatic nitrogens is 1. The van der Waals surface area contributed by atoms with Crippen LogP contribution in [0.3, 0.4) is 0 Å². The third-order valence-electron chi connectivity index (χ3n) is 3.82. The molecule has 1 aliphatic heterocycles. The number of rotatable bonds is 6. The minimum absolute atomic E-state index is 0.119. The van der Waals surface area contributed by atoms with E-state index in [4.69, 9.17) is 4.74 Å². The summed E-state index contributed by atoms with van der Waals surface area (Å²) in [6, 6.07) is 1.70. The maximum atomic E-state index is 12.3. The van der Waals surface area contributed by atoms with Gasteiger partial charge in [0.2, 0.25) is 10.0 Å². The summed E-state index contributed by atoms with van der Waals surface area (Å²) in [5, 5.41) is 3.02. The first-order chi connectivity index (χ1) is 9.44. The lowest BCUT2D eigenvalue weighted by Crippen LogP contribution is -2.31. The van der Waals surface area contributed by atoms with Crippen molar-refractivity contribution in [3.05, 3.63) is 18.0 Å². The van der Waals surface area contributed by atoms with Crippen molar-refractivity contribution < 1.29 is 13.2 Å². The molecule has 0 radical (unpaired) electrons. The van der Waals surface area contributed by atoms with E-state index >= 15 is 0 Å². The molecule has 6 nitrogen and oxygen atoms in total. The van der Waals surface area contributed by atoms with Crippen LogP contribution >= 0.6 is 0 Å². The smallest absolute Gasteiger partial charge is 0.242 e. The predicted molar refractivity (Wildman–Crippen MR) is 76.9 cm³/mol. The van der Waals surface area contributed by atoms with Gasteiger partial charge in [-0.1, -0.05) is 0 Å². The Morgan fingerprint density at radius 3 is 2.85 bits per heavy atom. The molecule has 2 N–H and O–H groups in total. The predicted octanol–water partition coefficient (Wildman–Crippen LogP) is 0.448. The van der Waals surface area contributed by atoms with Crippen LogP contribution in [0.25, 0.3) is 0 Å².